The summed E-state index contributed by atoms with van der Waals surface area (Å²) in [5.41, 5.74) is 3.28. The first-order chi connectivity index (χ1) is 16.6. The molecule has 1 spiro atoms. The van der Waals surface area contributed by atoms with Crippen molar-refractivity contribution in [3.63, 3.8) is 0 Å². The Labute approximate surface area is 201 Å². The number of benzene rings is 1. The first-order valence-electron chi connectivity index (χ1n) is 10.8. The first kappa shape index (κ1) is 22.1. The molecule has 2 aliphatic rings. The minimum Gasteiger partial charge on any atom is -0.416 e. The number of hydrogen-bond donors (Lipinski definition) is 1. The maximum atomic E-state index is 13.2. The Morgan fingerprint density at radius 2 is 1.85 bits per heavy atom. The van der Waals surface area contributed by atoms with Crippen LogP contribution in [0.25, 0.3) is 0 Å². The summed E-state index contributed by atoms with van der Waals surface area (Å²) in [7, 11) is 0. The van der Waals surface area contributed by atoms with E-state index in [-0.39, 0.29) is 13.0 Å². The Bertz CT molecular complexity index is 1300. The molecule has 170 valence electrons. The van der Waals surface area contributed by atoms with Gasteiger partial charge >= 0.3 is 11.9 Å². The first-order valence-corrected chi connectivity index (χ1v) is 11.2. The minimum absolute atomic E-state index is 0.119. The van der Waals surface area contributed by atoms with Crippen LogP contribution in [0.5, 0.6) is 0 Å². The van der Waals surface area contributed by atoms with Crippen molar-refractivity contribution in [2.24, 2.45) is 0 Å². The number of nitrogens with zero attached hydrogens (tertiary/aromatic N) is 2. The van der Waals surface area contributed by atoms with Gasteiger partial charge in [-0.3, -0.25) is 19.6 Å². The van der Waals surface area contributed by atoms with E-state index in [1.54, 1.807) is 55.1 Å². The zero-order valence-electron chi connectivity index (χ0n) is 18.1. The van der Waals surface area contributed by atoms with Gasteiger partial charge in [0, 0.05) is 41.5 Å². The second kappa shape index (κ2) is 9.26. The standard InChI is InChI=1S/C26H20ClN3O4/c27-23-8-7-22-19(20(23)6-5-17-3-1-10-28-14-17)9-12-30-16-26(22)33-24(31)13-21(25(32)34-26)18-4-2-11-29-15-18/h1-4,7-8,10-11,14-15,21,30H,9,12-13,16H2. The lowest BCUT2D eigenvalue weighted by atomic mass is 9.93. The predicted octanol–water partition coefficient (Wildman–Crippen LogP) is 3.10. The molecule has 5 rings (SSSR count). The number of ether oxygens (including phenoxy) is 2. The molecule has 2 aliphatic heterocycles. The van der Waals surface area contributed by atoms with E-state index in [9.17, 15) is 9.59 Å². The number of esters is 2. The lowest BCUT2D eigenvalue weighted by molar-refractivity contribution is -0.225. The van der Waals surface area contributed by atoms with Crippen molar-refractivity contribution >= 4 is 23.5 Å². The molecule has 2 unspecified atom stereocenters. The van der Waals surface area contributed by atoms with Crippen molar-refractivity contribution in [1.29, 1.82) is 0 Å². The molecule has 34 heavy (non-hydrogen) atoms. The van der Waals surface area contributed by atoms with Crippen LogP contribution in [0.2, 0.25) is 5.02 Å². The number of nitrogens with one attached hydrogen (secondary N) is 1. The Balaban J connectivity index is 1.59. The Kier molecular flexibility index (Phi) is 6.01. The van der Waals surface area contributed by atoms with Crippen LogP contribution in [-0.4, -0.2) is 35.0 Å². The Morgan fingerprint density at radius 1 is 1.03 bits per heavy atom. The molecule has 0 amide bonds. The van der Waals surface area contributed by atoms with Gasteiger partial charge in [0.2, 0.25) is 0 Å². The molecule has 1 N–H and O–H groups in total. The van der Waals surface area contributed by atoms with Crippen molar-refractivity contribution < 1.29 is 19.1 Å². The monoisotopic (exact) mass is 473 g/mol. The number of pyridine rings is 2. The molecule has 3 aromatic rings. The molecule has 1 aromatic carbocycles. The fourth-order valence-corrected chi connectivity index (χ4v) is 4.48. The molecule has 0 aliphatic carbocycles. The summed E-state index contributed by atoms with van der Waals surface area (Å²) in [5, 5.41) is 3.70. The summed E-state index contributed by atoms with van der Waals surface area (Å²) in [4.78, 5) is 34.3. The van der Waals surface area contributed by atoms with E-state index >= 15 is 0 Å². The number of carbonyl (C=O) groups excluding carboxylic acids is 2. The van der Waals surface area contributed by atoms with Gasteiger partial charge in [0.25, 0.3) is 5.79 Å². The minimum atomic E-state index is -1.62. The van der Waals surface area contributed by atoms with Crippen molar-refractivity contribution in [2.75, 3.05) is 13.1 Å². The number of aromatic nitrogens is 2. The lowest BCUT2D eigenvalue weighted by Gasteiger charge is -2.32. The second-order valence-electron chi connectivity index (χ2n) is 8.06. The average Bonchev–Trinajstić information content (AvgIpc) is 3.10. The summed E-state index contributed by atoms with van der Waals surface area (Å²) in [6.45, 7) is 0.687. The van der Waals surface area contributed by atoms with Gasteiger partial charge in [0.15, 0.2) is 0 Å². The third-order valence-electron chi connectivity index (χ3n) is 5.86. The summed E-state index contributed by atoms with van der Waals surface area (Å²) in [6.07, 6.45) is 6.93. The summed E-state index contributed by atoms with van der Waals surface area (Å²) in [6, 6.07) is 10.5. The van der Waals surface area contributed by atoms with Gasteiger partial charge in [-0.15, -0.1) is 0 Å². The molecule has 2 atom stereocenters. The van der Waals surface area contributed by atoms with Crippen LogP contribution in [0.4, 0.5) is 0 Å². The average molecular weight is 474 g/mol. The molecule has 4 heterocycles. The molecule has 2 aromatic heterocycles. The van der Waals surface area contributed by atoms with E-state index in [4.69, 9.17) is 21.1 Å². The van der Waals surface area contributed by atoms with Crippen LogP contribution < -0.4 is 5.32 Å². The third kappa shape index (κ3) is 4.26. The fourth-order valence-electron chi connectivity index (χ4n) is 4.25. The molecule has 0 radical (unpaired) electrons. The molecule has 1 fully saturated rings. The van der Waals surface area contributed by atoms with Crippen LogP contribution >= 0.6 is 11.6 Å². The summed E-state index contributed by atoms with van der Waals surface area (Å²) < 4.78 is 11.8. The van der Waals surface area contributed by atoms with Crippen LogP contribution in [0.3, 0.4) is 0 Å². The molecular formula is C26H20ClN3O4. The molecule has 8 heteroatoms. The number of fused-ring (bicyclic) bond motifs is 2. The van der Waals surface area contributed by atoms with Crippen LogP contribution in [0.15, 0.2) is 61.2 Å². The van der Waals surface area contributed by atoms with E-state index in [1.165, 1.54) is 0 Å². The maximum absolute atomic E-state index is 13.2. The highest BCUT2D eigenvalue weighted by molar-refractivity contribution is 6.31. The van der Waals surface area contributed by atoms with Crippen LogP contribution in [0.1, 0.15) is 40.2 Å². The number of hydrogen-bond acceptors (Lipinski definition) is 7. The smallest absolute Gasteiger partial charge is 0.317 e. The van der Waals surface area contributed by atoms with Gasteiger partial charge in [-0.05, 0) is 54.4 Å². The second-order valence-corrected chi connectivity index (χ2v) is 8.47. The molecule has 1 saturated heterocycles. The zero-order valence-corrected chi connectivity index (χ0v) is 18.8. The van der Waals surface area contributed by atoms with Crippen LogP contribution in [0, 0.1) is 11.8 Å². The number of carbonyl (C=O) groups is 2. The van der Waals surface area contributed by atoms with Crippen molar-refractivity contribution in [1.82, 2.24) is 15.3 Å². The van der Waals surface area contributed by atoms with E-state index < -0.39 is 23.6 Å². The van der Waals surface area contributed by atoms with Gasteiger partial charge < -0.3 is 14.8 Å². The van der Waals surface area contributed by atoms with Gasteiger partial charge in [0.05, 0.1) is 23.9 Å². The fraction of sp³-hybridized carbons (Fsp3) is 0.231. The summed E-state index contributed by atoms with van der Waals surface area (Å²) in [5.74, 6) is 2.72. The zero-order chi connectivity index (χ0) is 23.5. The lowest BCUT2D eigenvalue weighted by Crippen LogP contribution is -2.44. The Morgan fingerprint density at radius 3 is 2.62 bits per heavy atom. The van der Waals surface area contributed by atoms with Crippen molar-refractivity contribution in [3.05, 3.63) is 94.0 Å². The van der Waals surface area contributed by atoms with E-state index in [0.717, 1.165) is 11.1 Å². The van der Waals surface area contributed by atoms with E-state index in [1.807, 2.05) is 6.07 Å². The quantitative estimate of drug-likeness (QED) is 0.429. The molecule has 0 saturated carbocycles. The maximum Gasteiger partial charge on any atom is 0.317 e. The molecule has 0 bridgehead atoms. The highest BCUT2D eigenvalue weighted by atomic mass is 35.5. The largest absolute Gasteiger partial charge is 0.416 e. The van der Waals surface area contributed by atoms with E-state index in [2.05, 4.69) is 27.1 Å². The topological polar surface area (TPSA) is 90.4 Å². The molecular weight excluding hydrogens is 454 g/mol. The van der Waals surface area contributed by atoms with Crippen LogP contribution in [-0.2, 0) is 31.3 Å². The van der Waals surface area contributed by atoms with Gasteiger partial charge in [-0.2, -0.15) is 0 Å². The Hall–Kier alpha value is -3.73. The molecule has 7 nitrogen and oxygen atoms in total. The number of rotatable bonds is 1. The predicted molar refractivity (Wildman–Crippen MR) is 124 cm³/mol. The highest BCUT2D eigenvalue weighted by Gasteiger charge is 2.48. The third-order valence-corrected chi connectivity index (χ3v) is 6.18. The van der Waals surface area contributed by atoms with E-state index in [0.29, 0.717) is 34.7 Å². The van der Waals surface area contributed by atoms with Crippen molar-refractivity contribution in [3.8, 4) is 11.8 Å². The highest BCUT2D eigenvalue weighted by Crippen LogP contribution is 2.40. The van der Waals surface area contributed by atoms with Gasteiger partial charge in [-0.1, -0.05) is 29.5 Å². The number of halogens is 1. The SMILES string of the molecule is O=C1CC(c2cccnc2)C(=O)OC2(CNCCc3c2ccc(Cl)c3C#Cc2cccnc2)O1. The van der Waals surface area contributed by atoms with Gasteiger partial charge in [0.1, 0.15) is 0 Å². The normalized spacial score (nSPS) is 21.9. The van der Waals surface area contributed by atoms with Crippen molar-refractivity contribution in [2.45, 2.75) is 24.5 Å². The van der Waals surface area contributed by atoms with Gasteiger partial charge in [-0.25, -0.2) is 0 Å². The summed E-state index contributed by atoms with van der Waals surface area (Å²) >= 11 is 6.54.